The van der Waals surface area contributed by atoms with E-state index >= 15 is 0 Å². The molecule has 266 valence electrons. The lowest BCUT2D eigenvalue weighted by molar-refractivity contribution is 0.0786. The summed E-state index contributed by atoms with van der Waals surface area (Å²) in [5.74, 6) is 0. The summed E-state index contributed by atoms with van der Waals surface area (Å²) < 4.78 is 13.2. The number of fused-ring (bicyclic) bond motifs is 6. The molecule has 9 aromatic rings. The van der Waals surface area contributed by atoms with Crippen LogP contribution in [0, 0.1) is 0 Å². The summed E-state index contributed by atoms with van der Waals surface area (Å²) in [6, 6.07) is 53.0. The van der Waals surface area contributed by atoms with Crippen molar-refractivity contribution in [2.75, 3.05) is 9.80 Å². The van der Waals surface area contributed by atoms with Gasteiger partial charge in [0.1, 0.15) is 22.3 Å². The van der Waals surface area contributed by atoms with Gasteiger partial charge in [0.25, 0.3) is 0 Å². The van der Waals surface area contributed by atoms with E-state index in [4.69, 9.17) is 8.83 Å². The lowest BCUT2D eigenvalue weighted by atomic mass is 9.95. The third kappa shape index (κ3) is 5.77. The monoisotopic (exact) mass is 708 g/mol. The normalized spacial score (nSPS) is 12.3. The van der Waals surface area contributed by atoms with Crippen molar-refractivity contribution in [1.82, 2.24) is 0 Å². The predicted molar refractivity (Wildman–Crippen MR) is 221 cm³/mol. The lowest BCUT2D eigenvalue weighted by Gasteiger charge is -2.31. The third-order valence-electron chi connectivity index (χ3n) is 10.2. The molecule has 54 heavy (non-hydrogen) atoms. The van der Waals surface area contributed by atoms with E-state index in [0.29, 0.717) is 0 Å². The van der Waals surface area contributed by atoms with E-state index in [-0.39, 0.29) is 0 Å². The second kappa shape index (κ2) is 12.7. The first-order valence-electron chi connectivity index (χ1n) is 18.2. The van der Waals surface area contributed by atoms with Gasteiger partial charge in [-0.1, -0.05) is 72.8 Å². The van der Waals surface area contributed by atoms with Crippen LogP contribution in [0.5, 0.6) is 0 Å². The van der Waals surface area contributed by atoms with Crippen LogP contribution in [-0.4, -0.2) is 10.2 Å². The standard InChI is InChI=1S/C48H40N2O4/c1-47(2,51)39-19-11-13-21-41(39)49(31-15-7-5-8-16-31)33-23-25-35-37-29-46-38(30-45(37)53-43(35)27-33)36-26-24-34(28-44(36)54-46)50(32-17-9-6-10-18-32)42-22-14-12-20-40(42)48(3,4)52/h5-30,51-52H,1-4H3. The number of rotatable bonds is 8. The Morgan fingerprint density at radius 2 is 0.722 bits per heavy atom. The molecule has 6 nitrogen and oxygen atoms in total. The Bertz CT molecular complexity index is 2610. The van der Waals surface area contributed by atoms with Gasteiger partial charge >= 0.3 is 0 Å². The molecule has 0 saturated heterocycles. The molecule has 0 unspecified atom stereocenters. The topological polar surface area (TPSA) is 73.2 Å². The highest BCUT2D eigenvalue weighted by atomic mass is 16.3. The van der Waals surface area contributed by atoms with E-state index in [9.17, 15) is 10.2 Å². The molecule has 2 aromatic heterocycles. The Hall–Kier alpha value is -6.34. The summed E-state index contributed by atoms with van der Waals surface area (Å²) in [6.45, 7) is 7.25. The number of benzene rings is 7. The SMILES string of the molecule is CC(C)(O)c1ccccc1N(c1ccccc1)c1ccc2c(c1)oc1cc3c(cc12)oc1cc(N(c2ccccc2)c2ccccc2C(C)(C)O)ccc13. The van der Waals surface area contributed by atoms with Gasteiger partial charge in [0.2, 0.25) is 0 Å². The van der Waals surface area contributed by atoms with E-state index in [1.54, 1.807) is 0 Å². The zero-order valence-electron chi connectivity index (χ0n) is 30.6. The van der Waals surface area contributed by atoms with Crippen LogP contribution in [0.3, 0.4) is 0 Å². The van der Waals surface area contributed by atoms with Crippen LogP contribution in [0.2, 0.25) is 0 Å². The average Bonchev–Trinajstić information content (AvgIpc) is 3.71. The summed E-state index contributed by atoms with van der Waals surface area (Å²) in [5, 5.41) is 26.2. The Kier molecular flexibility index (Phi) is 7.85. The molecule has 0 atom stereocenters. The highest BCUT2D eigenvalue weighted by Gasteiger charge is 2.27. The molecule has 0 aliphatic heterocycles. The molecule has 9 rings (SSSR count). The predicted octanol–water partition coefficient (Wildman–Crippen LogP) is 12.9. The van der Waals surface area contributed by atoms with Crippen molar-refractivity contribution < 1.29 is 19.0 Å². The lowest BCUT2D eigenvalue weighted by Crippen LogP contribution is -2.21. The van der Waals surface area contributed by atoms with Crippen molar-refractivity contribution in [3.8, 4) is 0 Å². The van der Waals surface area contributed by atoms with E-state index < -0.39 is 11.2 Å². The first kappa shape index (κ1) is 33.5. The van der Waals surface area contributed by atoms with Crippen molar-refractivity contribution in [3.05, 3.63) is 169 Å². The number of nitrogens with zero attached hydrogens (tertiary/aromatic N) is 2. The first-order chi connectivity index (χ1) is 26.0. The highest BCUT2D eigenvalue weighted by Crippen LogP contribution is 2.45. The molecule has 2 N–H and O–H groups in total. The largest absolute Gasteiger partial charge is 0.456 e. The van der Waals surface area contributed by atoms with Gasteiger partial charge in [-0.25, -0.2) is 0 Å². The minimum absolute atomic E-state index is 0.757. The molecule has 7 aromatic carbocycles. The fourth-order valence-corrected chi connectivity index (χ4v) is 7.68. The molecule has 0 spiro atoms. The molecular weight excluding hydrogens is 669 g/mol. The third-order valence-corrected chi connectivity index (χ3v) is 10.2. The van der Waals surface area contributed by atoms with Crippen LogP contribution in [-0.2, 0) is 11.2 Å². The summed E-state index contributed by atoms with van der Waals surface area (Å²) in [5.41, 5.74) is 8.17. The Labute approximate surface area is 313 Å². The minimum atomic E-state index is -1.05. The maximum atomic E-state index is 11.1. The number of aliphatic hydroxyl groups is 2. The highest BCUT2D eigenvalue weighted by molar-refractivity contribution is 6.15. The van der Waals surface area contributed by atoms with Crippen molar-refractivity contribution in [1.29, 1.82) is 0 Å². The van der Waals surface area contributed by atoms with E-state index in [0.717, 1.165) is 89.1 Å². The smallest absolute Gasteiger partial charge is 0.137 e. The second-order valence-corrected chi connectivity index (χ2v) is 14.9. The fourth-order valence-electron chi connectivity index (χ4n) is 7.68. The second-order valence-electron chi connectivity index (χ2n) is 14.9. The van der Waals surface area contributed by atoms with Gasteiger partial charge < -0.3 is 28.8 Å². The maximum Gasteiger partial charge on any atom is 0.137 e. The van der Waals surface area contributed by atoms with Crippen molar-refractivity contribution in [2.24, 2.45) is 0 Å². The fraction of sp³-hybridized carbons (Fsp3) is 0.125. The van der Waals surface area contributed by atoms with Crippen LogP contribution in [0.1, 0.15) is 38.8 Å². The zero-order chi connectivity index (χ0) is 37.2. The van der Waals surface area contributed by atoms with E-state index in [1.807, 2.05) is 113 Å². The molecule has 0 bridgehead atoms. The summed E-state index contributed by atoms with van der Waals surface area (Å²) in [4.78, 5) is 4.32. The molecule has 6 heteroatoms. The Balaban J connectivity index is 1.16. The average molecular weight is 709 g/mol. The van der Waals surface area contributed by atoms with Crippen LogP contribution in [0.15, 0.2) is 167 Å². The summed E-state index contributed by atoms with van der Waals surface area (Å²) >= 11 is 0. The number of furan rings is 2. The first-order valence-corrected chi connectivity index (χ1v) is 18.2. The Morgan fingerprint density at radius 1 is 0.370 bits per heavy atom. The quantitative estimate of drug-likeness (QED) is 0.164. The number of hydrogen-bond acceptors (Lipinski definition) is 6. The van der Waals surface area contributed by atoms with Gasteiger partial charge in [-0.05, 0) is 100 Å². The molecule has 0 amide bonds. The van der Waals surface area contributed by atoms with Crippen LogP contribution in [0.25, 0.3) is 43.9 Å². The van der Waals surface area contributed by atoms with Gasteiger partial charge in [0.15, 0.2) is 0 Å². The summed E-state index contributed by atoms with van der Waals surface area (Å²) in [7, 11) is 0. The summed E-state index contributed by atoms with van der Waals surface area (Å²) in [6.07, 6.45) is 0. The van der Waals surface area contributed by atoms with Gasteiger partial charge in [-0.15, -0.1) is 0 Å². The van der Waals surface area contributed by atoms with Crippen LogP contribution in [0.4, 0.5) is 34.1 Å². The van der Waals surface area contributed by atoms with Gasteiger partial charge in [-0.3, -0.25) is 0 Å². The van der Waals surface area contributed by atoms with Gasteiger partial charge in [0, 0.05) is 67.6 Å². The van der Waals surface area contributed by atoms with E-state index in [1.165, 1.54) is 0 Å². The molecule has 0 fully saturated rings. The zero-order valence-corrected chi connectivity index (χ0v) is 30.6. The van der Waals surface area contributed by atoms with Crippen LogP contribution < -0.4 is 9.80 Å². The molecular formula is C48H40N2O4. The number of anilines is 6. The van der Waals surface area contributed by atoms with Crippen molar-refractivity contribution in [3.63, 3.8) is 0 Å². The van der Waals surface area contributed by atoms with Crippen molar-refractivity contribution in [2.45, 2.75) is 38.9 Å². The Morgan fingerprint density at radius 3 is 1.11 bits per heavy atom. The molecule has 0 aliphatic rings. The molecule has 2 heterocycles. The van der Waals surface area contributed by atoms with Gasteiger partial charge in [-0.2, -0.15) is 0 Å². The minimum Gasteiger partial charge on any atom is -0.456 e. The number of hydrogen-bond donors (Lipinski definition) is 2. The number of para-hydroxylation sites is 4. The van der Waals surface area contributed by atoms with Gasteiger partial charge in [0.05, 0.1) is 22.6 Å². The van der Waals surface area contributed by atoms with Crippen molar-refractivity contribution >= 4 is 78.0 Å². The maximum absolute atomic E-state index is 11.1. The van der Waals surface area contributed by atoms with Crippen LogP contribution >= 0.6 is 0 Å². The molecule has 0 saturated carbocycles. The molecule has 0 aliphatic carbocycles. The van der Waals surface area contributed by atoms with E-state index in [2.05, 4.69) is 82.6 Å². The molecule has 0 radical (unpaired) electrons.